The van der Waals surface area contributed by atoms with Crippen LogP contribution in [0.4, 0.5) is 0 Å². The van der Waals surface area contributed by atoms with E-state index in [1.165, 1.54) is 35.7 Å². The Kier molecular flexibility index (Phi) is 6.83. The van der Waals surface area contributed by atoms with E-state index in [4.69, 9.17) is 10.6 Å². The molecular formula is C20H29N5O2S. The van der Waals surface area contributed by atoms with Crippen LogP contribution in [0.2, 0.25) is 0 Å². The number of rotatable bonds is 7. The third kappa shape index (κ3) is 4.79. The van der Waals surface area contributed by atoms with Crippen molar-refractivity contribution < 1.29 is 9.53 Å². The summed E-state index contributed by atoms with van der Waals surface area (Å²) < 4.78 is 6.66. The van der Waals surface area contributed by atoms with Gasteiger partial charge in [-0.15, -0.1) is 10.2 Å². The van der Waals surface area contributed by atoms with E-state index < -0.39 is 0 Å². The second-order valence-corrected chi connectivity index (χ2v) is 8.60. The predicted octanol–water partition coefficient (Wildman–Crippen LogP) is 2.86. The minimum Gasteiger partial charge on any atom is -0.497 e. The minimum atomic E-state index is -0.257. The molecule has 1 aromatic heterocycles. The number of thioether (sulfide) groups is 1. The molecule has 8 heteroatoms. The lowest BCUT2D eigenvalue weighted by Gasteiger charge is -2.32. The van der Waals surface area contributed by atoms with Crippen LogP contribution in [0.1, 0.15) is 50.4 Å². The number of nitrogen functional groups attached to an aromatic ring is 1. The lowest BCUT2D eigenvalue weighted by molar-refractivity contribution is -0.131. The van der Waals surface area contributed by atoms with E-state index in [1.807, 2.05) is 43.1 Å². The van der Waals surface area contributed by atoms with Gasteiger partial charge in [0.05, 0.1) is 12.4 Å². The van der Waals surface area contributed by atoms with Gasteiger partial charge in [-0.3, -0.25) is 4.79 Å². The van der Waals surface area contributed by atoms with E-state index in [-0.39, 0.29) is 11.2 Å². The van der Waals surface area contributed by atoms with Crippen molar-refractivity contribution in [2.24, 2.45) is 0 Å². The normalized spacial score (nSPS) is 16.0. The zero-order valence-electron chi connectivity index (χ0n) is 16.8. The summed E-state index contributed by atoms with van der Waals surface area (Å²) in [4.78, 5) is 14.7. The van der Waals surface area contributed by atoms with Gasteiger partial charge in [0.15, 0.2) is 5.82 Å². The highest BCUT2D eigenvalue weighted by Crippen LogP contribution is 2.27. The van der Waals surface area contributed by atoms with Gasteiger partial charge in [0.1, 0.15) is 5.75 Å². The van der Waals surface area contributed by atoms with Gasteiger partial charge in [-0.25, -0.2) is 4.68 Å². The largest absolute Gasteiger partial charge is 0.497 e. The first-order valence-electron chi connectivity index (χ1n) is 9.75. The molecule has 2 aromatic rings. The lowest BCUT2D eigenvalue weighted by Crippen LogP contribution is -2.42. The van der Waals surface area contributed by atoms with Gasteiger partial charge >= 0.3 is 0 Å². The highest BCUT2D eigenvalue weighted by Gasteiger charge is 2.27. The maximum Gasteiger partial charge on any atom is 0.235 e. The SMILES string of the molecule is COc1ccc(Cc2nnc(S[C@@H](C)C(=O)N(C)C3CCCCC3)n2N)cc1. The molecule has 7 nitrogen and oxygen atoms in total. The monoisotopic (exact) mass is 403 g/mol. The van der Waals surface area contributed by atoms with Crippen LogP contribution in [-0.4, -0.2) is 51.1 Å². The van der Waals surface area contributed by atoms with Gasteiger partial charge in [0.25, 0.3) is 0 Å². The second kappa shape index (κ2) is 9.32. The standard InChI is InChI=1S/C20H29N5O2S/c1-14(19(26)24(2)16-7-5-4-6-8-16)28-20-23-22-18(25(20)21)13-15-9-11-17(27-3)12-10-15/h9-12,14,16H,4-8,13,21H2,1-3H3/t14-/m0/s1. The van der Waals surface area contributed by atoms with Crippen LogP contribution >= 0.6 is 11.8 Å². The average molecular weight is 404 g/mol. The van der Waals surface area contributed by atoms with Crippen LogP contribution in [-0.2, 0) is 11.2 Å². The summed E-state index contributed by atoms with van der Waals surface area (Å²) in [7, 11) is 3.56. The summed E-state index contributed by atoms with van der Waals surface area (Å²) in [5.74, 6) is 7.79. The van der Waals surface area contributed by atoms with Crippen LogP contribution in [0.15, 0.2) is 29.4 Å². The Morgan fingerprint density at radius 1 is 1.29 bits per heavy atom. The smallest absolute Gasteiger partial charge is 0.235 e. The molecule has 0 radical (unpaired) electrons. The molecule has 3 rings (SSSR count). The fourth-order valence-corrected chi connectivity index (χ4v) is 4.47. The third-order valence-electron chi connectivity index (χ3n) is 5.36. The number of amides is 1. The van der Waals surface area contributed by atoms with Crippen molar-refractivity contribution in [1.82, 2.24) is 19.8 Å². The van der Waals surface area contributed by atoms with E-state index in [1.54, 1.807) is 7.11 Å². The molecule has 2 N–H and O–H groups in total. The molecular weight excluding hydrogens is 374 g/mol. The van der Waals surface area contributed by atoms with Gasteiger partial charge in [0, 0.05) is 19.5 Å². The van der Waals surface area contributed by atoms with Crippen molar-refractivity contribution in [2.75, 3.05) is 20.0 Å². The van der Waals surface area contributed by atoms with Crippen LogP contribution in [0.3, 0.4) is 0 Å². The first kappa shape index (κ1) is 20.5. The second-order valence-electron chi connectivity index (χ2n) is 7.29. The number of carbonyl (C=O) groups excluding carboxylic acids is 1. The maximum absolute atomic E-state index is 12.8. The molecule has 1 fully saturated rings. The van der Waals surface area contributed by atoms with Crippen molar-refractivity contribution in [3.63, 3.8) is 0 Å². The Balaban J connectivity index is 1.61. The molecule has 1 atom stereocenters. The number of hydrogen-bond acceptors (Lipinski definition) is 6. The van der Waals surface area contributed by atoms with Gasteiger partial charge in [0.2, 0.25) is 11.1 Å². The van der Waals surface area contributed by atoms with E-state index in [0.29, 0.717) is 23.4 Å². The molecule has 1 aliphatic carbocycles. The van der Waals surface area contributed by atoms with Crippen LogP contribution < -0.4 is 10.6 Å². The number of methoxy groups -OCH3 is 1. The molecule has 1 saturated carbocycles. The molecule has 1 amide bonds. The first-order valence-corrected chi connectivity index (χ1v) is 10.6. The summed E-state index contributed by atoms with van der Waals surface area (Å²) in [6, 6.07) is 8.12. The Bertz CT molecular complexity index is 786. The number of nitrogens with zero attached hydrogens (tertiary/aromatic N) is 4. The summed E-state index contributed by atoms with van der Waals surface area (Å²) >= 11 is 1.36. The zero-order valence-corrected chi connectivity index (χ0v) is 17.6. The molecule has 1 aliphatic rings. The van der Waals surface area contributed by atoms with E-state index in [2.05, 4.69) is 10.2 Å². The number of benzene rings is 1. The topological polar surface area (TPSA) is 86.3 Å². The van der Waals surface area contributed by atoms with Crippen molar-refractivity contribution in [3.8, 4) is 5.75 Å². The highest BCUT2D eigenvalue weighted by molar-refractivity contribution is 8.00. The van der Waals surface area contributed by atoms with Gasteiger partial charge in [-0.1, -0.05) is 43.2 Å². The third-order valence-corrected chi connectivity index (χ3v) is 6.40. The van der Waals surface area contributed by atoms with E-state index >= 15 is 0 Å². The molecule has 0 aliphatic heterocycles. The predicted molar refractivity (Wildman–Crippen MR) is 111 cm³/mol. The van der Waals surface area contributed by atoms with Crippen molar-refractivity contribution in [1.29, 1.82) is 0 Å². The molecule has 152 valence electrons. The Morgan fingerprint density at radius 3 is 2.61 bits per heavy atom. The summed E-state index contributed by atoms with van der Waals surface area (Å²) in [5, 5.41) is 8.71. The molecule has 0 saturated heterocycles. The van der Waals surface area contributed by atoms with Crippen molar-refractivity contribution >= 4 is 17.7 Å². The molecule has 1 heterocycles. The van der Waals surface area contributed by atoms with Crippen molar-refractivity contribution in [3.05, 3.63) is 35.7 Å². The number of aromatic nitrogens is 3. The van der Waals surface area contributed by atoms with Gasteiger partial charge < -0.3 is 15.5 Å². The van der Waals surface area contributed by atoms with Gasteiger partial charge in [-0.2, -0.15) is 0 Å². The van der Waals surface area contributed by atoms with Crippen LogP contribution in [0, 0.1) is 0 Å². The quantitative estimate of drug-likeness (QED) is 0.565. The number of carbonyl (C=O) groups is 1. The maximum atomic E-state index is 12.8. The summed E-state index contributed by atoms with van der Waals surface area (Å²) in [6.45, 7) is 1.91. The zero-order chi connectivity index (χ0) is 20.1. The fourth-order valence-electron chi connectivity index (χ4n) is 3.58. The molecule has 1 aromatic carbocycles. The first-order chi connectivity index (χ1) is 13.5. The molecule has 0 bridgehead atoms. The molecule has 28 heavy (non-hydrogen) atoms. The van der Waals surface area contributed by atoms with Crippen molar-refractivity contribution in [2.45, 2.75) is 61.9 Å². The Morgan fingerprint density at radius 2 is 1.96 bits per heavy atom. The lowest BCUT2D eigenvalue weighted by atomic mass is 9.94. The average Bonchev–Trinajstić information content (AvgIpc) is 3.07. The Hall–Kier alpha value is -2.22. The highest BCUT2D eigenvalue weighted by atomic mass is 32.2. The summed E-state index contributed by atoms with van der Waals surface area (Å²) in [5.41, 5.74) is 1.07. The number of hydrogen-bond donors (Lipinski definition) is 1. The van der Waals surface area contributed by atoms with E-state index in [0.717, 1.165) is 24.2 Å². The van der Waals surface area contributed by atoms with Gasteiger partial charge in [-0.05, 0) is 37.5 Å². The minimum absolute atomic E-state index is 0.122. The number of nitrogens with two attached hydrogens (primary N) is 1. The van der Waals surface area contributed by atoms with E-state index in [9.17, 15) is 4.79 Å². The fraction of sp³-hybridized carbons (Fsp3) is 0.550. The van der Waals surface area contributed by atoms with Crippen LogP contribution in [0.5, 0.6) is 5.75 Å². The summed E-state index contributed by atoms with van der Waals surface area (Å²) in [6.07, 6.45) is 6.44. The molecule has 0 spiro atoms. The Labute approximate surface area is 170 Å². The molecule has 0 unspecified atom stereocenters. The number of ether oxygens (including phenoxy) is 1. The van der Waals surface area contributed by atoms with Crippen LogP contribution in [0.25, 0.3) is 0 Å².